The summed E-state index contributed by atoms with van der Waals surface area (Å²) in [5.74, 6) is -0.266. The van der Waals surface area contributed by atoms with Gasteiger partial charge in [-0.25, -0.2) is 9.59 Å². The quantitative estimate of drug-likeness (QED) is 0.0648. The van der Waals surface area contributed by atoms with Crippen LogP contribution >= 0.6 is 0 Å². The Bertz CT molecular complexity index is 1620. The average molecular weight is 1030 g/mol. The Morgan fingerprint density at radius 2 is 0.595 bits per heavy atom. The minimum absolute atomic E-state index is 0.552. The van der Waals surface area contributed by atoms with Crippen molar-refractivity contribution in [1.82, 2.24) is 0 Å². The van der Waals surface area contributed by atoms with Crippen molar-refractivity contribution in [2.24, 2.45) is 11.8 Å². The lowest BCUT2D eigenvalue weighted by molar-refractivity contribution is 0.0684. The first-order chi connectivity index (χ1) is 36.1. The van der Waals surface area contributed by atoms with Crippen LogP contribution in [0.15, 0.2) is 24.3 Å². The molecule has 2 unspecified atom stereocenters. The number of hydrogen-bond acceptors (Lipinski definition) is 2. The molecular weight excluding hydrogens is 905 g/mol. The van der Waals surface area contributed by atoms with Gasteiger partial charge in [-0.1, -0.05) is 305 Å². The number of unbranched alkanes of at least 4 members (excludes halogenated alkanes) is 33. The number of benzene rings is 2. The standard InChI is InChI=1S/C36H64O2.C34H60O2/c1-5-8-11-13-15-17-18-19-21-23-25-31(4)30-35-32(26-10-7-3)28-29-34(36(37)38)33(35)27-24-22-20-16-14-12-9-6-2;1-5-8-10-12-14-16-17-18-20-22-24-29(4)28-33-30(7-3)26-27-32(34(35)36)31(33)25-23-21-19-15-13-11-9-6-2/h28-29,31H,5-27,30H2,1-4H3,(H,37,38);26-27,29H,5-25,28H2,1-4H3,(H,35,36). The molecule has 2 N–H and O–H groups in total. The van der Waals surface area contributed by atoms with E-state index in [1.165, 1.54) is 266 Å². The summed E-state index contributed by atoms with van der Waals surface area (Å²) in [7, 11) is 0. The van der Waals surface area contributed by atoms with Crippen LogP contribution in [0.3, 0.4) is 0 Å². The van der Waals surface area contributed by atoms with E-state index in [0.717, 1.165) is 62.5 Å². The largest absolute Gasteiger partial charge is 0.478 e. The van der Waals surface area contributed by atoms with Crippen LogP contribution in [-0.2, 0) is 38.5 Å². The summed E-state index contributed by atoms with van der Waals surface area (Å²) in [6.07, 6.45) is 59.1. The van der Waals surface area contributed by atoms with Crippen molar-refractivity contribution in [3.63, 3.8) is 0 Å². The Morgan fingerprint density at radius 1 is 0.324 bits per heavy atom. The second-order valence-corrected chi connectivity index (χ2v) is 23.5. The molecule has 428 valence electrons. The molecule has 0 saturated carbocycles. The predicted molar refractivity (Wildman–Crippen MR) is 326 cm³/mol. The Morgan fingerprint density at radius 3 is 0.892 bits per heavy atom. The van der Waals surface area contributed by atoms with Crippen molar-refractivity contribution < 1.29 is 19.8 Å². The van der Waals surface area contributed by atoms with Crippen molar-refractivity contribution in [3.05, 3.63) is 68.8 Å². The summed E-state index contributed by atoms with van der Waals surface area (Å²) in [4.78, 5) is 24.3. The van der Waals surface area contributed by atoms with Crippen LogP contribution in [0.5, 0.6) is 0 Å². The first-order valence-electron chi connectivity index (χ1n) is 32.8. The number of carbonyl (C=O) groups is 2. The van der Waals surface area contributed by atoms with Crippen LogP contribution in [0.4, 0.5) is 0 Å². The van der Waals surface area contributed by atoms with Crippen molar-refractivity contribution in [1.29, 1.82) is 0 Å². The fourth-order valence-electron chi connectivity index (χ4n) is 11.6. The monoisotopic (exact) mass is 1030 g/mol. The second kappa shape index (κ2) is 48.7. The van der Waals surface area contributed by atoms with Gasteiger partial charge in [0.25, 0.3) is 0 Å². The summed E-state index contributed by atoms with van der Waals surface area (Å²) >= 11 is 0. The van der Waals surface area contributed by atoms with Crippen molar-refractivity contribution in [2.45, 2.75) is 351 Å². The van der Waals surface area contributed by atoms with Gasteiger partial charge in [0, 0.05) is 0 Å². The lowest BCUT2D eigenvalue weighted by Crippen LogP contribution is -2.12. The molecule has 0 amide bonds. The molecule has 0 radical (unpaired) electrons. The summed E-state index contributed by atoms with van der Waals surface area (Å²) in [6, 6.07) is 8.00. The van der Waals surface area contributed by atoms with E-state index in [9.17, 15) is 19.8 Å². The number of carboxylic acids is 2. The van der Waals surface area contributed by atoms with Crippen LogP contribution in [-0.4, -0.2) is 22.2 Å². The Labute approximate surface area is 461 Å². The molecule has 4 nitrogen and oxygen atoms in total. The maximum Gasteiger partial charge on any atom is 0.335 e. The minimum atomic E-state index is -0.754. The number of aryl methyl sites for hydroxylation is 2. The maximum absolute atomic E-state index is 12.2. The number of rotatable bonds is 50. The SMILES string of the molecule is CCCCCCCCCCCCC(C)Cc1c(CC)ccc(C(=O)O)c1CCCCCCCCCC.CCCCCCCCCCCCC(C)Cc1c(CCCC)ccc(C(=O)O)c1CCCCCCCCCC. The summed E-state index contributed by atoms with van der Waals surface area (Å²) in [5, 5.41) is 19.9. The smallest absolute Gasteiger partial charge is 0.335 e. The van der Waals surface area contributed by atoms with Crippen LogP contribution in [0.25, 0.3) is 0 Å². The van der Waals surface area contributed by atoms with E-state index < -0.39 is 11.9 Å². The van der Waals surface area contributed by atoms with Crippen LogP contribution in [0.2, 0.25) is 0 Å². The van der Waals surface area contributed by atoms with E-state index in [-0.39, 0.29) is 0 Å². The molecule has 0 fully saturated rings. The molecule has 2 atom stereocenters. The molecule has 4 heteroatoms. The maximum atomic E-state index is 12.2. The van der Waals surface area contributed by atoms with Gasteiger partial charge in [-0.05, 0) is 115 Å². The Balaban J connectivity index is 0.000000741. The van der Waals surface area contributed by atoms with E-state index >= 15 is 0 Å². The van der Waals surface area contributed by atoms with E-state index in [1.807, 2.05) is 12.1 Å². The number of hydrogen-bond donors (Lipinski definition) is 2. The van der Waals surface area contributed by atoms with Crippen LogP contribution < -0.4 is 0 Å². The van der Waals surface area contributed by atoms with E-state index in [4.69, 9.17) is 0 Å². The van der Waals surface area contributed by atoms with Gasteiger partial charge in [-0.3, -0.25) is 0 Å². The Kier molecular flexibility index (Phi) is 45.7. The zero-order valence-electron chi connectivity index (χ0n) is 50.7. The van der Waals surface area contributed by atoms with E-state index in [2.05, 4.69) is 67.5 Å². The first-order valence-corrected chi connectivity index (χ1v) is 32.8. The zero-order valence-corrected chi connectivity index (χ0v) is 50.7. The lowest BCUT2D eigenvalue weighted by atomic mass is 9.84. The number of aromatic carboxylic acids is 2. The van der Waals surface area contributed by atoms with Gasteiger partial charge in [0.05, 0.1) is 11.1 Å². The first kappa shape index (κ1) is 69.4. The van der Waals surface area contributed by atoms with Gasteiger partial charge in [0.1, 0.15) is 0 Å². The fourth-order valence-corrected chi connectivity index (χ4v) is 11.6. The molecule has 0 saturated heterocycles. The molecule has 2 aromatic carbocycles. The molecular formula is C70H124O4. The topological polar surface area (TPSA) is 74.6 Å². The molecule has 0 aliphatic heterocycles. The summed E-state index contributed by atoms with van der Waals surface area (Å²) in [5.41, 5.74) is 8.95. The fraction of sp³-hybridized carbons (Fsp3) is 0.800. The van der Waals surface area contributed by atoms with Gasteiger partial charge >= 0.3 is 11.9 Å². The van der Waals surface area contributed by atoms with Crippen LogP contribution in [0.1, 0.15) is 366 Å². The molecule has 2 rings (SSSR count). The van der Waals surface area contributed by atoms with Gasteiger partial charge < -0.3 is 10.2 Å². The van der Waals surface area contributed by atoms with Crippen molar-refractivity contribution >= 4 is 11.9 Å². The minimum Gasteiger partial charge on any atom is -0.478 e. The number of carboxylic acid groups (broad SMARTS) is 2. The molecule has 0 aliphatic carbocycles. The second-order valence-electron chi connectivity index (χ2n) is 23.5. The van der Waals surface area contributed by atoms with Crippen LogP contribution in [0, 0.1) is 11.8 Å². The summed E-state index contributed by atoms with van der Waals surface area (Å²) < 4.78 is 0. The third kappa shape index (κ3) is 34.2. The van der Waals surface area contributed by atoms with E-state index in [0.29, 0.717) is 23.0 Å². The third-order valence-corrected chi connectivity index (χ3v) is 16.5. The molecule has 0 aliphatic rings. The molecule has 0 heterocycles. The van der Waals surface area contributed by atoms with E-state index in [1.54, 1.807) is 0 Å². The van der Waals surface area contributed by atoms with Gasteiger partial charge in [0.15, 0.2) is 0 Å². The highest BCUT2D eigenvalue weighted by Gasteiger charge is 2.21. The molecule has 74 heavy (non-hydrogen) atoms. The predicted octanol–water partition coefficient (Wildman–Crippen LogP) is 23.0. The van der Waals surface area contributed by atoms with Crippen molar-refractivity contribution in [3.8, 4) is 0 Å². The molecule has 2 aromatic rings. The summed E-state index contributed by atoms with van der Waals surface area (Å²) in [6.45, 7) is 18.3. The average Bonchev–Trinajstić information content (AvgIpc) is 3.39. The van der Waals surface area contributed by atoms with Gasteiger partial charge in [0.2, 0.25) is 0 Å². The molecule has 0 bridgehead atoms. The highest BCUT2D eigenvalue weighted by molar-refractivity contribution is 5.90. The van der Waals surface area contributed by atoms with Crippen molar-refractivity contribution in [2.75, 3.05) is 0 Å². The molecule has 0 spiro atoms. The normalized spacial score (nSPS) is 12.2. The molecule has 0 aromatic heterocycles. The Hall–Kier alpha value is -2.62. The lowest BCUT2D eigenvalue weighted by Gasteiger charge is -2.21. The zero-order chi connectivity index (χ0) is 54.3. The highest BCUT2D eigenvalue weighted by atomic mass is 16.4. The van der Waals surface area contributed by atoms with Gasteiger partial charge in [-0.15, -0.1) is 0 Å². The van der Waals surface area contributed by atoms with Gasteiger partial charge in [-0.2, -0.15) is 0 Å². The third-order valence-electron chi connectivity index (χ3n) is 16.5. The highest BCUT2D eigenvalue weighted by Crippen LogP contribution is 2.30.